The van der Waals surface area contributed by atoms with E-state index in [9.17, 15) is 34.2 Å². The minimum absolute atomic E-state index is 0.00764. The highest BCUT2D eigenvalue weighted by atomic mass is 16.6. The second-order valence-corrected chi connectivity index (χ2v) is 9.41. The lowest BCUT2D eigenvalue weighted by Crippen LogP contribution is -2.54. The standard InChI is InChI=1S/C25H26N2O9/c1-10(28)35-17-6-5-15(27(3)4)14-8-12-7-13-9-16(30)20(24(26)33)22(32)25(13,34)23(36-11(2)29)18(12)21(31)19(14)17/h5-6,12-13,32,34H,7-9H2,1-4H3,(H2,26,33). The Balaban J connectivity index is 2.04. The molecule has 0 aromatic heterocycles. The number of nitrogens with zero attached hydrogens (tertiary/aromatic N) is 1. The van der Waals surface area contributed by atoms with Crippen LogP contribution in [-0.4, -0.2) is 59.3 Å². The van der Waals surface area contributed by atoms with Crippen LogP contribution in [0.5, 0.6) is 5.75 Å². The molecule has 4 rings (SSSR count). The number of rotatable bonds is 4. The van der Waals surface area contributed by atoms with Gasteiger partial charge in [-0.1, -0.05) is 0 Å². The van der Waals surface area contributed by atoms with Crippen molar-refractivity contribution in [2.75, 3.05) is 19.0 Å². The zero-order valence-corrected chi connectivity index (χ0v) is 20.2. The predicted octanol–water partition coefficient (Wildman–Crippen LogP) is 0.871. The number of Topliss-reactive ketones (excluding diaryl/α,β-unsaturated/α-hetero) is 2. The number of aliphatic hydroxyl groups excluding tert-OH is 1. The molecule has 0 radical (unpaired) electrons. The molecule has 3 unspecified atom stereocenters. The smallest absolute Gasteiger partial charge is 0.308 e. The molecule has 3 aliphatic carbocycles. The monoisotopic (exact) mass is 498 g/mol. The van der Waals surface area contributed by atoms with E-state index in [-0.39, 0.29) is 36.1 Å². The number of primary amides is 1. The van der Waals surface area contributed by atoms with Crippen molar-refractivity contribution in [1.82, 2.24) is 0 Å². The molecular formula is C25H26N2O9. The molecule has 11 heteroatoms. The zero-order valence-electron chi connectivity index (χ0n) is 20.2. The third kappa shape index (κ3) is 3.67. The molecule has 0 spiro atoms. The van der Waals surface area contributed by atoms with Crippen molar-refractivity contribution in [3.05, 3.63) is 45.9 Å². The Morgan fingerprint density at radius 2 is 1.72 bits per heavy atom. The van der Waals surface area contributed by atoms with Gasteiger partial charge in [0, 0.05) is 51.5 Å². The summed E-state index contributed by atoms with van der Waals surface area (Å²) in [7, 11) is 3.57. The van der Waals surface area contributed by atoms with Crippen LogP contribution in [0.15, 0.2) is 34.8 Å². The molecule has 0 saturated carbocycles. The second-order valence-electron chi connectivity index (χ2n) is 9.41. The average molecular weight is 498 g/mol. The number of esters is 2. The first-order valence-electron chi connectivity index (χ1n) is 11.3. The van der Waals surface area contributed by atoms with Crippen LogP contribution < -0.4 is 15.4 Å². The van der Waals surface area contributed by atoms with E-state index >= 15 is 0 Å². The summed E-state index contributed by atoms with van der Waals surface area (Å²) >= 11 is 0. The normalized spacial score (nSPS) is 25.0. The highest BCUT2D eigenvalue weighted by molar-refractivity contribution is 6.20. The fourth-order valence-corrected chi connectivity index (χ4v) is 5.50. The average Bonchev–Trinajstić information content (AvgIpc) is 2.74. The zero-order chi connectivity index (χ0) is 26.7. The number of hydrogen-bond donors (Lipinski definition) is 3. The maximum absolute atomic E-state index is 14.0. The summed E-state index contributed by atoms with van der Waals surface area (Å²) in [5, 5.41) is 22.6. The van der Waals surface area contributed by atoms with Gasteiger partial charge < -0.3 is 30.3 Å². The van der Waals surface area contributed by atoms with Gasteiger partial charge in [0.15, 0.2) is 22.9 Å². The molecule has 1 amide bonds. The lowest BCUT2D eigenvalue weighted by Gasteiger charge is -2.47. The molecule has 190 valence electrons. The quantitative estimate of drug-likeness (QED) is 0.307. The van der Waals surface area contributed by atoms with Crippen molar-refractivity contribution >= 4 is 35.1 Å². The highest BCUT2D eigenvalue weighted by Gasteiger charge is 2.59. The Bertz CT molecular complexity index is 1310. The van der Waals surface area contributed by atoms with E-state index in [1.165, 1.54) is 13.0 Å². The van der Waals surface area contributed by atoms with E-state index in [1.807, 2.05) is 0 Å². The molecule has 3 atom stereocenters. The van der Waals surface area contributed by atoms with E-state index in [0.717, 1.165) is 6.92 Å². The van der Waals surface area contributed by atoms with Gasteiger partial charge in [-0.2, -0.15) is 0 Å². The number of anilines is 1. The summed E-state index contributed by atoms with van der Waals surface area (Å²) < 4.78 is 10.6. The third-order valence-electron chi connectivity index (χ3n) is 6.87. The van der Waals surface area contributed by atoms with Gasteiger partial charge in [0.25, 0.3) is 5.91 Å². The summed E-state index contributed by atoms with van der Waals surface area (Å²) in [5.74, 6) is -7.45. The first kappa shape index (κ1) is 25.1. The topological polar surface area (TPSA) is 174 Å². The van der Waals surface area contributed by atoms with Crippen LogP contribution in [0, 0.1) is 11.8 Å². The Morgan fingerprint density at radius 3 is 2.28 bits per heavy atom. The van der Waals surface area contributed by atoms with E-state index in [2.05, 4.69) is 0 Å². The summed E-state index contributed by atoms with van der Waals surface area (Å²) in [4.78, 5) is 64.1. The maximum atomic E-state index is 14.0. The van der Waals surface area contributed by atoms with Gasteiger partial charge in [-0.15, -0.1) is 0 Å². The van der Waals surface area contributed by atoms with Gasteiger partial charge in [-0.05, 0) is 36.5 Å². The highest BCUT2D eigenvalue weighted by Crippen LogP contribution is 2.54. The molecule has 0 heterocycles. The van der Waals surface area contributed by atoms with Gasteiger partial charge in [-0.25, -0.2) is 0 Å². The molecule has 0 fully saturated rings. The van der Waals surface area contributed by atoms with Crippen molar-refractivity contribution in [1.29, 1.82) is 0 Å². The first-order chi connectivity index (χ1) is 16.8. The molecule has 0 aliphatic heterocycles. The summed E-state index contributed by atoms with van der Waals surface area (Å²) in [6.45, 7) is 2.24. The lowest BCUT2D eigenvalue weighted by atomic mass is 9.60. The molecule has 0 saturated heterocycles. The largest absolute Gasteiger partial charge is 0.508 e. The van der Waals surface area contributed by atoms with E-state index < -0.39 is 63.9 Å². The number of carbonyl (C=O) groups excluding carboxylic acids is 5. The van der Waals surface area contributed by atoms with Crippen LogP contribution in [-0.2, 0) is 30.3 Å². The van der Waals surface area contributed by atoms with Gasteiger partial charge in [0.1, 0.15) is 17.1 Å². The molecule has 11 nitrogen and oxygen atoms in total. The number of nitrogens with two attached hydrogens (primary N) is 1. The lowest BCUT2D eigenvalue weighted by molar-refractivity contribution is -0.145. The molecule has 36 heavy (non-hydrogen) atoms. The van der Waals surface area contributed by atoms with Crippen LogP contribution in [0.4, 0.5) is 5.69 Å². The molecule has 0 bridgehead atoms. The van der Waals surface area contributed by atoms with Gasteiger partial charge in [-0.3, -0.25) is 24.0 Å². The number of benzene rings is 1. The van der Waals surface area contributed by atoms with Crippen LogP contribution in [0.1, 0.15) is 42.6 Å². The summed E-state index contributed by atoms with van der Waals surface area (Å²) in [5.41, 5.74) is 3.19. The number of aliphatic hydroxyl groups is 2. The molecule has 1 aromatic rings. The van der Waals surface area contributed by atoms with E-state index in [1.54, 1.807) is 25.1 Å². The number of allylic oxidation sites excluding steroid dienone is 1. The Kier molecular flexibility index (Phi) is 5.99. The van der Waals surface area contributed by atoms with Gasteiger partial charge in [0.05, 0.1) is 5.56 Å². The van der Waals surface area contributed by atoms with Crippen molar-refractivity contribution < 1.29 is 43.7 Å². The van der Waals surface area contributed by atoms with Crippen molar-refractivity contribution in [3.63, 3.8) is 0 Å². The van der Waals surface area contributed by atoms with Crippen LogP contribution in [0.2, 0.25) is 0 Å². The van der Waals surface area contributed by atoms with E-state index in [4.69, 9.17) is 15.2 Å². The predicted molar refractivity (Wildman–Crippen MR) is 124 cm³/mol. The fourth-order valence-electron chi connectivity index (χ4n) is 5.50. The minimum Gasteiger partial charge on any atom is -0.508 e. The van der Waals surface area contributed by atoms with E-state index in [0.29, 0.717) is 11.3 Å². The summed E-state index contributed by atoms with van der Waals surface area (Å²) in [6, 6.07) is 3.19. The van der Waals surface area contributed by atoms with Crippen LogP contribution in [0.3, 0.4) is 0 Å². The molecule has 3 aliphatic rings. The number of ether oxygens (including phenoxy) is 2. The number of amides is 1. The molecule has 4 N–H and O–H groups in total. The van der Waals surface area contributed by atoms with Crippen LogP contribution >= 0.6 is 0 Å². The van der Waals surface area contributed by atoms with Crippen molar-refractivity contribution in [3.8, 4) is 5.75 Å². The molecule has 1 aromatic carbocycles. The Morgan fingerprint density at radius 1 is 1.08 bits per heavy atom. The number of fused-ring (bicyclic) bond motifs is 3. The third-order valence-corrected chi connectivity index (χ3v) is 6.87. The Hall–Kier alpha value is -3.99. The van der Waals surface area contributed by atoms with Crippen molar-refractivity contribution in [2.45, 2.75) is 38.7 Å². The van der Waals surface area contributed by atoms with Crippen molar-refractivity contribution in [2.24, 2.45) is 17.6 Å². The van der Waals surface area contributed by atoms with Gasteiger partial charge >= 0.3 is 11.9 Å². The SMILES string of the molecule is CC(=O)OC1=C2C(=O)c3c(OC(C)=O)ccc(N(C)C)c3CC2CC2CC(=O)C(C(N)=O)=C(O)C12O. The second kappa shape index (κ2) is 8.59. The van der Waals surface area contributed by atoms with Crippen LogP contribution in [0.25, 0.3) is 0 Å². The number of carbonyl (C=O) groups is 5. The molecular weight excluding hydrogens is 472 g/mol. The van der Waals surface area contributed by atoms with Gasteiger partial charge in [0.2, 0.25) is 0 Å². The summed E-state index contributed by atoms with van der Waals surface area (Å²) in [6.07, 6.45) is -0.0611. The maximum Gasteiger partial charge on any atom is 0.308 e. The Labute approximate surface area is 206 Å². The minimum atomic E-state index is -2.51. The number of ketones is 2. The first-order valence-corrected chi connectivity index (χ1v) is 11.3. The number of hydrogen-bond acceptors (Lipinski definition) is 10. The fraction of sp³-hybridized carbons (Fsp3) is 0.400.